The monoisotopic (exact) mass is 420 g/mol. The third-order valence-electron chi connectivity index (χ3n) is 3.99. The fraction of sp³-hybridized carbons (Fsp3) is 0.625. The number of aromatic nitrogens is 2. The predicted molar refractivity (Wildman–Crippen MR) is 90.4 cm³/mol. The van der Waals surface area contributed by atoms with Gasteiger partial charge in [0.15, 0.2) is 12.8 Å². The van der Waals surface area contributed by atoms with Gasteiger partial charge in [0.1, 0.15) is 12.2 Å². The van der Waals surface area contributed by atoms with Crippen molar-refractivity contribution in [3.63, 3.8) is 0 Å². The van der Waals surface area contributed by atoms with Crippen LogP contribution in [0.25, 0.3) is 0 Å². The number of nitrogens with zero attached hydrogens (tertiary/aromatic N) is 1. The zero-order valence-corrected chi connectivity index (χ0v) is 15.8. The maximum atomic E-state index is 14.9. The summed E-state index contributed by atoms with van der Waals surface area (Å²) in [7, 11) is 0. The summed E-state index contributed by atoms with van der Waals surface area (Å²) in [5, 5.41) is 20.0. The minimum absolute atomic E-state index is 0.0394. The smallest absolute Gasteiger partial charge is 0.463 e. The first-order valence-electron chi connectivity index (χ1n) is 8.48. The molecule has 0 saturated carbocycles. The van der Waals surface area contributed by atoms with Crippen molar-refractivity contribution in [2.24, 2.45) is 0 Å². The quantitative estimate of drug-likeness (QED) is 0.483. The number of halogens is 1. The Morgan fingerprint density at radius 2 is 2.00 bits per heavy atom. The number of ether oxygens (including phenoxy) is 4. The average Bonchev–Trinajstić information content (AvgIpc) is 2.85. The van der Waals surface area contributed by atoms with Gasteiger partial charge in [-0.25, -0.2) is 18.8 Å². The van der Waals surface area contributed by atoms with E-state index in [9.17, 15) is 33.8 Å². The van der Waals surface area contributed by atoms with Crippen molar-refractivity contribution < 1.29 is 43.1 Å². The van der Waals surface area contributed by atoms with Crippen molar-refractivity contribution in [3.8, 4) is 0 Å². The summed E-state index contributed by atoms with van der Waals surface area (Å²) in [6.45, 7) is 2.81. The van der Waals surface area contributed by atoms with Gasteiger partial charge in [0.2, 0.25) is 5.60 Å². The van der Waals surface area contributed by atoms with Gasteiger partial charge < -0.3 is 29.2 Å². The molecule has 162 valence electrons. The van der Waals surface area contributed by atoms with Gasteiger partial charge in [0.25, 0.3) is 11.4 Å². The molecular formula is C16H21FN2O10. The zero-order valence-electron chi connectivity index (χ0n) is 15.8. The molecular weight excluding hydrogens is 399 g/mol. The van der Waals surface area contributed by atoms with Crippen LogP contribution in [0, 0.1) is 0 Å². The molecule has 0 unspecified atom stereocenters. The van der Waals surface area contributed by atoms with Crippen LogP contribution < -0.4 is 11.2 Å². The molecule has 0 radical (unpaired) electrons. The number of alkyl halides is 1. The largest absolute Gasteiger partial charge is 0.509 e. The van der Waals surface area contributed by atoms with E-state index < -0.39 is 59.9 Å². The maximum Gasteiger partial charge on any atom is 0.509 e. The molecule has 29 heavy (non-hydrogen) atoms. The third-order valence-corrected chi connectivity index (χ3v) is 3.99. The number of hydrogen-bond acceptors (Lipinski definition) is 10. The van der Waals surface area contributed by atoms with Gasteiger partial charge in [-0.1, -0.05) is 0 Å². The van der Waals surface area contributed by atoms with Gasteiger partial charge >= 0.3 is 17.8 Å². The van der Waals surface area contributed by atoms with Crippen molar-refractivity contribution >= 4 is 12.1 Å². The number of esters is 1. The van der Waals surface area contributed by atoms with Gasteiger partial charge in [0.05, 0.1) is 6.61 Å². The summed E-state index contributed by atoms with van der Waals surface area (Å²) in [5.41, 5.74) is -3.48. The molecule has 1 aliphatic rings. The lowest BCUT2D eigenvalue weighted by Crippen LogP contribution is -2.45. The average molecular weight is 420 g/mol. The number of aromatic amines is 1. The highest BCUT2D eigenvalue weighted by molar-refractivity contribution is 5.81. The van der Waals surface area contributed by atoms with Gasteiger partial charge in [0, 0.05) is 12.3 Å². The Balaban J connectivity index is 2.07. The van der Waals surface area contributed by atoms with E-state index in [4.69, 9.17) is 14.2 Å². The first kappa shape index (κ1) is 22.5. The summed E-state index contributed by atoms with van der Waals surface area (Å²) >= 11 is 0. The molecule has 0 amide bonds. The second kappa shape index (κ2) is 8.31. The fourth-order valence-corrected chi connectivity index (χ4v) is 2.46. The van der Waals surface area contributed by atoms with E-state index in [-0.39, 0.29) is 6.61 Å². The Morgan fingerprint density at radius 1 is 1.34 bits per heavy atom. The van der Waals surface area contributed by atoms with Crippen LogP contribution in [0.1, 0.15) is 27.0 Å². The lowest BCUT2D eigenvalue weighted by Gasteiger charge is -2.25. The van der Waals surface area contributed by atoms with Gasteiger partial charge in [-0.2, -0.15) is 0 Å². The number of aliphatic hydroxyl groups is 2. The summed E-state index contributed by atoms with van der Waals surface area (Å²) in [4.78, 5) is 48.3. The molecule has 1 aromatic rings. The minimum Gasteiger partial charge on any atom is -0.463 e. The molecule has 0 bridgehead atoms. The number of H-pyrrole nitrogens is 1. The molecule has 3 N–H and O–H groups in total. The van der Waals surface area contributed by atoms with E-state index in [1.54, 1.807) is 6.92 Å². The number of carbonyl (C=O) groups excluding carboxylic acids is 2. The van der Waals surface area contributed by atoms with Crippen molar-refractivity contribution in [1.29, 1.82) is 0 Å². The van der Waals surface area contributed by atoms with Gasteiger partial charge in [-0.05, 0) is 20.8 Å². The Kier molecular flexibility index (Phi) is 6.45. The molecule has 1 fully saturated rings. The first-order chi connectivity index (χ1) is 13.4. The summed E-state index contributed by atoms with van der Waals surface area (Å²) in [5.74, 6) is -3.97. The number of carbonyl (C=O) groups is 2. The predicted octanol–water partition coefficient (Wildman–Crippen LogP) is -1.05. The highest BCUT2D eigenvalue weighted by Crippen LogP contribution is 2.38. The molecule has 0 spiro atoms. The van der Waals surface area contributed by atoms with E-state index in [0.717, 1.165) is 12.3 Å². The highest BCUT2D eigenvalue weighted by Gasteiger charge is 2.57. The van der Waals surface area contributed by atoms with Crippen molar-refractivity contribution in [1.82, 2.24) is 9.55 Å². The SMILES string of the molecule is CCOC(=O)C(C)(C)OC(=O)OC[C@@]1(F)O[C@@H](n2ccc(=O)[nH]c2=O)[C@H](O)[C@@H]1O. The minimum atomic E-state index is -3.10. The topological polar surface area (TPSA) is 166 Å². The van der Waals surface area contributed by atoms with E-state index in [1.807, 2.05) is 4.98 Å². The summed E-state index contributed by atoms with van der Waals surface area (Å²) in [6, 6.07) is 0.924. The van der Waals surface area contributed by atoms with Gasteiger partial charge in [-0.3, -0.25) is 14.3 Å². The molecule has 2 heterocycles. The van der Waals surface area contributed by atoms with Crippen LogP contribution in [0.5, 0.6) is 0 Å². The molecule has 12 nitrogen and oxygen atoms in total. The van der Waals surface area contributed by atoms with E-state index >= 15 is 0 Å². The molecule has 0 aliphatic carbocycles. The van der Waals surface area contributed by atoms with Crippen molar-refractivity contribution in [3.05, 3.63) is 33.1 Å². The van der Waals surface area contributed by atoms with E-state index in [0.29, 0.717) is 4.57 Å². The molecule has 4 atom stereocenters. The standard InChI is InChI=1S/C16H21FN2O10/c1-4-26-12(23)15(2,3)29-14(25)27-7-16(17)10(22)9(21)11(28-16)19-6-5-8(20)18-13(19)24/h5-6,9-11,21-22H,4,7H2,1-3H3,(H,18,20,24)/t9-,10+,11-,16-/m1/s1. The number of rotatable bonds is 6. The molecule has 2 rings (SSSR count). The molecule has 1 aromatic heterocycles. The fourth-order valence-electron chi connectivity index (χ4n) is 2.46. The number of nitrogens with one attached hydrogen (secondary N) is 1. The third kappa shape index (κ3) is 4.81. The Hall–Kier alpha value is -2.77. The lowest BCUT2D eigenvalue weighted by molar-refractivity contribution is -0.212. The van der Waals surface area contributed by atoms with Crippen LogP contribution in [0.15, 0.2) is 21.9 Å². The normalized spacial score (nSPS) is 26.8. The summed E-state index contributed by atoms with van der Waals surface area (Å²) in [6.07, 6.45) is -6.38. The van der Waals surface area contributed by atoms with Crippen LogP contribution in [0.2, 0.25) is 0 Å². The van der Waals surface area contributed by atoms with Crippen LogP contribution in [-0.2, 0) is 23.7 Å². The van der Waals surface area contributed by atoms with E-state index in [2.05, 4.69) is 4.74 Å². The number of hydrogen-bond donors (Lipinski definition) is 3. The summed E-state index contributed by atoms with van der Waals surface area (Å²) < 4.78 is 34.5. The Morgan fingerprint density at radius 3 is 2.59 bits per heavy atom. The number of aliphatic hydroxyl groups excluding tert-OH is 2. The van der Waals surface area contributed by atoms with Crippen LogP contribution in [0.3, 0.4) is 0 Å². The van der Waals surface area contributed by atoms with Crippen LogP contribution in [-0.4, -0.2) is 68.8 Å². The second-order valence-electron chi connectivity index (χ2n) is 6.62. The Labute approximate surface area is 162 Å². The molecule has 1 saturated heterocycles. The zero-order chi connectivity index (χ0) is 22.0. The second-order valence-corrected chi connectivity index (χ2v) is 6.62. The van der Waals surface area contributed by atoms with Crippen molar-refractivity contribution in [2.75, 3.05) is 13.2 Å². The maximum absolute atomic E-state index is 14.9. The van der Waals surface area contributed by atoms with Gasteiger partial charge in [-0.15, -0.1) is 0 Å². The highest BCUT2D eigenvalue weighted by atomic mass is 19.2. The van der Waals surface area contributed by atoms with Crippen LogP contribution >= 0.6 is 0 Å². The molecule has 13 heteroatoms. The lowest BCUT2D eigenvalue weighted by atomic mass is 10.1. The van der Waals surface area contributed by atoms with Crippen LogP contribution in [0.4, 0.5) is 9.18 Å². The Bertz CT molecular complexity index is 881. The van der Waals surface area contributed by atoms with Crippen molar-refractivity contribution in [2.45, 2.75) is 50.7 Å². The first-order valence-corrected chi connectivity index (χ1v) is 8.48. The molecule has 1 aliphatic heterocycles. The molecule has 0 aromatic carbocycles. The van der Waals surface area contributed by atoms with E-state index in [1.165, 1.54) is 13.8 Å².